The van der Waals surface area contributed by atoms with Crippen molar-refractivity contribution in [1.82, 2.24) is 9.29 Å². The molecular formula is C13H21N3O3S2. The number of carbonyl (C=O) groups is 1. The Bertz CT molecular complexity index is 625. The highest BCUT2D eigenvalue weighted by atomic mass is 32.2. The molecule has 21 heavy (non-hydrogen) atoms. The van der Waals surface area contributed by atoms with Crippen LogP contribution in [0.4, 0.5) is 5.13 Å². The Balaban J connectivity index is 2.02. The number of aryl methyl sites for hydroxylation is 2. The van der Waals surface area contributed by atoms with E-state index in [4.69, 9.17) is 0 Å². The topological polar surface area (TPSA) is 79.4 Å². The van der Waals surface area contributed by atoms with Crippen molar-refractivity contribution in [3.63, 3.8) is 0 Å². The summed E-state index contributed by atoms with van der Waals surface area (Å²) in [7, 11) is -3.23. The molecule has 1 atom stereocenters. The number of aromatic nitrogens is 1. The van der Waals surface area contributed by atoms with E-state index in [-0.39, 0.29) is 18.4 Å². The molecule has 0 aliphatic carbocycles. The largest absolute Gasteiger partial charge is 0.302 e. The van der Waals surface area contributed by atoms with E-state index in [0.29, 0.717) is 24.5 Å². The van der Waals surface area contributed by atoms with Gasteiger partial charge in [0, 0.05) is 18.0 Å². The van der Waals surface area contributed by atoms with Gasteiger partial charge in [-0.1, -0.05) is 6.92 Å². The normalized spacial score (nSPS) is 20.4. The Morgan fingerprint density at radius 3 is 2.81 bits per heavy atom. The minimum absolute atomic E-state index is 0.139. The Kier molecular flexibility index (Phi) is 5.00. The van der Waals surface area contributed by atoms with Crippen LogP contribution in [0.3, 0.4) is 0 Å². The summed E-state index contributed by atoms with van der Waals surface area (Å²) in [4.78, 5) is 17.8. The third-order valence-electron chi connectivity index (χ3n) is 3.68. The van der Waals surface area contributed by atoms with Gasteiger partial charge in [0.2, 0.25) is 15.9 Å². The molecule has 1 N–H and O–H groups in total. The van der Waals surface area contributed by atoms with Crippen LogP contribution in [0.5, 0.6) is 0 Å². The van der Waals surface area contributed by atoms with Gasteiger partial charge in [0.1, 0.15) is 0 Å². The molecule has 2 heterocycles. The molecule has 1 fully saturated rings. The van der Waals surface area contributed by atoms with Gasteiger partial charge in [-0.25, -0.2) is 17.7 Å². The van der Waals surface area contributed by atoms with E-state index in [1.165, 1.54) is 21.9 Å². The molecule has 0 aromatic carbocycles. The van der Waals surface area contributed by atoms with E-state index in [9.17, 15) is 13.2 Å². The maximum atomic E-state index is 12.3. The van der Waals surface area contributed by atoms with Gasteiger partial charge in [-0.05, 0) is 26.2 Å². The molecule has 1 aliphatic rings. The average Bonchev–Trinajstić information content (AvgIpc) is 2.78. The third-order valence-corrected chi connectivity index (χ3v) is 5.88. The second-order valence-electron chi connectivity index (χ2n) is 5.32. The summed E-state index contributed by atoms with van der Waals surface area (Å²) in [6, 6.07) is 0. The first-order valence-corrected chi connectivity index (χ1v) is 9.70. The predicted molar refractivity (Wildman–Crippen MR) is 84.0 cm³/mol. The molecule has 1 amide bonds. The van der Waals surface area contributed by atoms with Crippen LogP contribution in [0.15, 0.2) is 0 Å². The Morgan fingerprint density at radius 1 is 1.52 bits per heavy atom. The van der Waals surface area contributed by atoms with Crippen LogP contribution >= 0.6 is 11.3 Å². The molecule has 0 spiro atoms. The summed E-state index contributed by atoms with van der Waals surface area (Å²) in [6.45, 7) is 4.77. The summed E-state index contributed by atoms with van der Waals surface area (Å²) in [5.74, 6) is -0.442. The fraction of sp³-hybridized carbons (Fsp3) is 0.692. The number of piperidine rings is 1. The number of nitrogens with one attached hydrogen (secondary N) is 1. The summed E-state index contributed by atoms with van der Waals surface area (Å²) < 4.78 is 24.5. The second kappa shape index (κ2) is 6.41. The number of thiazole rings is 1. The predicted octanol–water partition coefficient (Wildman–Crippen LogP) is 1.62. The van der Waals surface area contributed by atoms with Crippen molar-refractivity contribution in [2.45, 2.75) is 33.1 Å². The summed E-state index contributed by atoms with van der Waals surface area (Å²) >= 11 is 1.46. The first-order valence-electron chi connectivity index (χ1n) is 7.03. The number of anilines is 1. The number of carbonyl (C=O) groups excluding carboxylic acids is 1. The Morgan fingerprint density at radius 2 is 2.24 bits per heavy atom. The van der Waals surface area contributed by atoms with Crippen molar-refractivity contribution in [1.29, 1.82) is 0 Å². The van der Waals surface area contributed by atoms with Crippen LogP contribution in [-0.4, -0.2) is 43.0 Å². The highest BCUT2D eigenvalue weighted by Gasteiger charge is 2.30. The van der Waals surface area contributed by atoms with Crippen molar-refractivity contribution < 1.29 is 13.2 Å². The second-order valence-corrected chi connectivity index (χ2v) is 8.51. The highest BCUT2D eigenvalue weighted by molar-refractivity contribution is 7.88. The maximum Gasteiger partial charge on any atom is 0.230 e. The van der Waals surface area contributed by atoms with E-state index in [0.717, 1.165) is 17.0 Å². The quantitative estimate of drug-likeness (QED) is 0.909. The van der Waals surface area contributed by atoms with E-state index in [1.807, 2.05) is 13.8 Å². The first kappa shape index (κ1) is 16.4. The van der Waals surface area contributed by atoms with E-state index >= 15 is 0 Å². The lowest BCUT2D eigenvalue weighted by Gasteiger charge is -2.29. The van der Waals surface area contributed by atoms with Crippen LogP contribution in [0.2, 0.25) is 0 Å². The fourth-order valence-corrected chi connectivity index (χ4v) is 4.29. The number of nitrogens with zero attached hydrogens (tertiary/aromatic N) is 2. The minimum Gasteiger partial charge on any atom is -0.302 e. The molecule has 0 bridgehead atoms. The molecule has 1 saturated heterocycles. The SMILES string of the molecule is CCc1nc(NC(=O)C2CCCN(S(C)(=O)=O)C2)sc1C. The highest BCUT2D eigenvalue weighted by Crippen LogP contribution is 2.25. The molecule has 1 aromatic heterocycles. The van der Waals surface area contributed by atoms with Crippen LogP contribution in [0, 0.1) is 12.8 Å². The third kappa shape index (κ3) is 4.02. The van der Waals surface area contributed by atoms with E-state index in [1.54, 1.807) is 0 Å². The number of hydrogen-bond acceptors (Lipinski definition) is 5. The van der Waals surface area contributed by atoms with Gasteiger partial charge < -0.3 is 5.32 Å². The van der Waals surface area contributed by atoms with Gasteiger partial charge in [-0.15, -0.1) is 11.3 Å². The van der Waals surface area contributed by atoms with Gasteiger partial charge in [-0.3, -0.25) is 4.79 Å². The zero-order chi connectivity index (χ0) is 15.6. The summed E-state index contributed by atoms with van der Waals surface area (Å²) in [5.41, 5.74) is 0.997. The van der Waals surface area contributed by atoms with Crippen LogP contribution in [0.1, 0.15) is 30.3 Å². The maximum absolute atomic E-state index is 12.3. The lowest BCUT2D eigenvalue weighted by atomic mass is 9.99. The van der Waals surface area contributed by atoms with Crippen LogP contribution in [-0.2, 0) is 21.2 Å². The van der Waals surface area contributed by atoms with Gasteiger partial charge in [0.25, 0.3) is 0 Å². The fourth-order valence-electron chi connectivity index (χ4n) is 2.47. The van der Waals surface area contributed by atoms with Crippen molar-refractivity contribution in [3.05, 3.63) is 10.6 Å². The van der Waals surface area contributed by atoms with Crippen LogP contribution in [0.25, 0.3) is 0 Å². The molecule has 1 aliphatic heterocycles. The zero-order valence-electron chi connectivity index (χ0n) is 12.5. The molecule has 0 saturated carbocycles. The number of amides is 1. The van der Waals surface area contributed by atoms with Crippen molar-refractivity contribution >= 4 is 32.4 Å². The molecule has 1 unspecified atom stereocenters. The molecule has 6 nitrogen and oxygen atoms in total. The number of hydrogen-bond donors (Lipinski definition) is 1. The Hall–Kier alpha value is -0.990. The monoisotopic (exact) mass is 331 g/mol. The summed E-state index contributed by atoms with van der Waals surface area (Å²) in [5, 5.41) is 3.43. The van der Waals surface area contributed by atoms with Crippen molar-refractivity contribution in [2.75, 3.05) is 24.7 Å². The molecule has 0 radical (unpaired) electrons. The van der Waals surface area contributed by atoms with Crippen LogP contribution < -0.4 is 5.32 Å². The molecule has 1 aromatic rings. The van der Waals surface area contributed by atoms with Gasteiger partial charge >= 0.3 is 0 Å². The number of sulfonamides is 1. The molecule has 2 rings (SSSR count). The van der Waals surface area contributed by atoms with Crippen molar-refractivity contribution in [3.8, 4) is 0 Å². The molecular weight excluding hydrogens is 310 g/mol. The van der Waals surface area contributed by atoms with Gasteiger partial charge in [-0.2, -0.15) is 0 Å². The zero-order valence-corrected chi connectivity index (χ0v) is 14.2. The van der Waals surface area contributed by atoms with Gasteiger partial charge in [0.05, 0.1) is 17.9 Å². The van der Waals surface area contributed by atoms with E-state index in [2.05, 4.69) is 10.3 Å². The minimum atomic E-state index is -3.23. The molecule has 118 valence electrons. The average molecular weight is 331 g/mol. The number of rotatable bonds is 4. The summed E-state index contributed by atoms with van der Waals surface area (Å²) in [6.07, 6.45) is 3.44. The smallest absolute Gasteiger partial charge is 0.230 e. The Labute approximate surface area is 129 Å². The van der Waals surface area contributed by atoms with Crippen molar-refractivity contribution in [2.24, 2.45) is 5.92 Å². The lowest BCUT2D eigenvalue weighted by molar-refractivity contribution is -0.120. The molecule has 8 heteroatoms. The standard InChI is InChI=1S/C13H21N3O3S2/c1-4-11-9(2)20-13(14-11)15-12(17)10-6-5-7-16(8-10)21(3,18)19/h10H,4-8H2,1-3H3,(H,14,15,17). The van der Waals surface area contributed by atoms with E-state index < -0.39 is 10.0 Å². The lowest BCUT2D eigenvalue weighted by Crippen LogP contribution is -2.43. The first-order chi connectivity index (χ1) is 9.81. The van der Waals surface area contributed by atoms with Gasteiger partial charge in [0.15, 0.2) is 5.13 Å².